The van der Waals surface area contributed by atoms with Gasteiger partial charge in [-0.1, -0.05) is 72.3 Å². The Morgan fingerprint density at radius 2 is 1.46 bits per heavy atom. The van der Waals surface area contributed by atoms with Crippen LogP contribution in [-0.2, 0) is 9.53 Å². The largest absolute Gasteiger partial charge is 0.468 e. The zero-order valence-electron chi connectivity index (χ0n) is 13.5. The fraction of sp³-hybridized carbons (Fsp3) is 0.227. The van der Waals surface area contributed by atoms with Crippen LogP contribution in [0.1, 0.15) is 34.1 Å². The van der Waals surface area contributed by atoms with Gasteiger partial charge >= 0.3 is 5.97 Å². The van der Waals surface area contributed by atoms with E-state index in [2.05, 4.69) is 60.7 Å². The molecule has 2 nitrogen and oxygen atoms in total. The lowest BCUT2D eigenvalue weighted by atomic mass is 9.55. The molecule has 6 rings (SSSR count). The van der Waals surface area contributed by atoms with E-state index in [-0.39, 0.29) is 17.8 Å². The van der Waals surface area contributed by atoms with Crippen LogP contribution in [0, 0.1) is 11.8 Å². The molecule has 2 aromatic rings. The van der Waals surface area contributed by atoms with Crippen LogP contribution in [0.25, 0.3) is 0 Å². The van der Waals surface area contributed by atoms with Gasteiger partial charge in [0.1, 0.15) is 0 Å². The van der Waals surface area contributed by atoms with Gasteiger partial charge in [-0.2, -0.15) is 0 Å². The van der Waals surface area contributed by atoms with E-state index in [1.165, 1.54) is 34.9 Å². The second-order valence-electron chi connectivity index (χ2n) is 6.79. The summed E-state index contributed by atoms with van der Waals surface area (Å²) < 4.78 is 4.95. The zero-order valence-corrected chi connectivity index (χ0v) is 13.5. The van der Waals surface area contributed by atoms with Gasteiger partial charge in [-0.05, 0) is 22.3 Å². The van der Waals surface area contributed by atoms with Gasteiger partial charge in [0.2, 0.25) is 0 Å². The summed E-state index contributed by atoms with van der Waals surface area (Å²) >= 11 is 0. The molecule has 2 heteroatoms. The first kappa shape index (κ1) is 13.8. The molecule has 4 aliphatic carbocycles. The molecule has 0 heterocycles. The van der Waals surface area contributed by atoms with Crippen LogP contribution in [0.3, 0.4) is 0 Å². The molecule has 0 fully saturated rings. The maximum Gasteiger partial charge on any atom is 0.316 e. The van der Waals surface area contributed by atoms with E-state index in [9.17, 15) is 4.79 Å². The number of hydrogen-bond donors (Lipinski definition) is 0. The van der Waals surface area contributed by atoms with Crippen LogP contribution < -0.4 is 0 Å². The van der Waals surface area contributed by atoms with Crippen molar-refractivity contribution in [1.29, 1.82) is 0 Å². The smallest absolute Gasteiger partial charge is 0.316 e. The molecule has 0 radical (unpaired) electrons. The Labute approximate surface area is 141 Å². The van der Waals surface area contributed by atoms with Gasteiger partial charge in [-0.25, -0.2) is 0 Å². The third-order valence-corrected chi connectivity index (χ3v) is 5.73. The first-order valence-electron chi connectivity index (χ1n) is 8.45. The van der Waals surface area contributed by atoms with Crippen molar-refractivity contribution in [1.82, 2.24) is 0 Å². The molecule has 0 amide bonds. The summed E-state index contributed by atoms with van der Waals surface area (Å²) in [6.07, 6.45) is 6.37. The van der Waals surface area contributed by atoms with Crippen molar-refractivity contribution in [3.05, 3.63) is 94.6 Å². The highest BCUT2D eigenvalue weighted by Crippen LogP contribution is 2.59. The lowest BCUT2D eigenvalue weighted by Gasteiger charge is -2.48. The first-order valence-corrected chi connectivity index (χ1v) is 8.45. The van der Waals surface area contributed by atoms with E-state index in [1.54, 1.807) is 0 Å². The molecular weight excluding hydrogens is 296 g/mol. The normalized spacial score (nSPS) is 28.5. The van der Waals surface area contributed by atoms with Gasteiger partial charge in [0.25, 0.3) is 0 Å². The number of allylic oxidation sites excluding steroid dienone is 2. The maximum atomic E-state index is 12.0. The Hall–Kier alpha value is -2.61. The van der Waals surface area contributed by atoms with Gasteiger partial charge in [0.05, 0.1) is 13.0 Å². The molecule has 2 aromatic carbocycles. The van der Waals surface area contributed by atoms with E-state index in [0.717, 1.165) is 0 Å². The second kappa shape index (κ2) is 4.94. The van der Waals surface area contributed by atoms with Gasteiger partial charge in [-0.15, -0.1) is 0 Å². The molecule has 4 aliphatic rings. The zero-order chi connectivity index (χ0) is 16.3. The number of ether oxygens (including phenoxy) is 1. The minimum Gasteiger partial charge on any atom is -0.468 e. The van der Waals surface area contributed by atoms with Crippen LogP contribution in [0.15, 0.2) is 72.3 Å². The molecule has 2 bridgehead atoms. The molecule has 0 spiro atoms. The number of carbonyl (C=O) groups excluding carboxylic acids is 1. The number of carbonyl (C=O) groups is 1. The predicted molar refractivity (Wildman–Crippen MR) is 92.8 cm³/mol. The Balaban J connectivity index is 1.75. The van der Waals surface area contributed by atoms with E-state index >= 15 is 0 Å². The van der Waals surface area contributed by atoms with Crippen LogP contribution >= 0.6 is 0 Å². The molecule has 24 heavy (non-hydrogen) atoms. The van der Waals surface area contributed by atoms with Crippen LogP contribution in [0.5, 0.6) is 0 Å². The molecule has 0 saturated carbocycles. The molecule has 0 unspecified atom stereocenters. The molecule has 0 N–H and O–H groups in total. The third kappa shape index (κ3) is 1.68. The standard InChI is InChI=1S/C22H18O2/c1-24-22(23)13-10-11-18-19(12-13)21-16-8-4-2-6-14(16)20(18)15-7-3-5-9-17(15)21/h2-13,18,20-21H,1H3/t13-,18+,20?,21?/m1/s1. The highest BCUT2D eigenvalue weighted by molar-refractivity contribution is 5.78. The average molecular weight is 314 g/mol. The van der Waals surface area contributed by atoms with Crippen molar-refractivity contribution in [3.63, 3.8) is 0 Å². The SMILES string of the molecule is COC(=O)[C@@H]1C=C[C@H]2C(=C1)C1c3ccccc3C2c2ccccc21. The van der Waals surface area contributed by atoms with E-state index in [1.807, 2.05) is 6.08 Å². The fourth-order valence-corrected chi connectivity index (χ4v) is 4.79. The number of hydrogen-bond acceptors (Lipinski definition) is 2. The number of methoxy groups -OCH3 is 1. The maximum absolute atomic E-state index is 12.0. The van der Waals surface area contributed by atoms with Gasteiger partial charge in [0, 0.05) is 17.8 Å². The number of benzene rings is 2. The van der Waals surface area contributed by atoms with Crippen molar-refractivity contribution in [3.8, 4) is 0 Å². The van der Waals surface area contributed by atoms with Crippen LogP contribution in [0.4, 0.5) is 0 Å². The molecule has 2 atom stereocenters. The Morgan fingerprint density at radius 3 is 2.04 bits per heavy atom. The van der Waals surface area contributed by atoms with Crippen LogP contribution in [0.2, 0.25) is 0 Å². The fourth-order valence-electron chi connectivity index (χ4n) is 4.79. The van der Waals surface area contributed by atoms with Crippen LogP contribution in [-0.4, -0.2) is 13.1 Å². The third-order valence-electron chi connectivity index (χ3n) is 5.73. The molecule has 0 aliphatic heterocycles. The lowest BCUT2D eigenvalue weighted by Crippen LogP contribution is -2.35. The van der Waals surface area contributed by atoms with Crippen molar-refractivity contribution >= 4 is 5.97 Å². The summed E-state index contributed by atoms with van der Waals surface area (Å²) in [5.74, 6) is 0.508. The van der Waals surface area contributed by atoms with Crippen molar-refractivity contribution in [2.45, 2.75) is 11.8 Å². The minimum atomic E-state index is -0.264. The summed E-state index contributed by atoms with van der Waals surface area (Å²) in [6.45, 7) is 0. The second-order valence-corrected chi connectivity index (χ2v) is 6.79. The van der Waals surface area contributed by atoms with Crippen molar-refractivity contribution in [2.75, 3.05) is 7.11 Å². The molecule has 118 valence electrons. The van der Waals surface area contributed by atoms with Gasteiger partial charge in [0.15, 0.2) is 0 Å². The lowest BCUT2D eigenvalue weighted by molar-refractivity contribution is -0.142. The number of esters is 1. The Morgan fingerprint density at radius 1 is 0.875 bits per heavy atom. The monoisotopic (exact) mass is 314 g/mol. The average Bonchev–Trinajstić information content (AvgIpc) is 2.66. The van der Waals surface area contributed by atoms with Gasteiger partial charge < -0.3 is 4.74 Å². The Bertz CT molecular complexity index is 858. The summed E-state index contributed by atoms with van der Waals surface area (Å²) in [6, 6.07) is 17.5. The summed E-state index contributed by atoms with van der Waals surface area (Å²) in [7, 11) is 1.46. The highest BCUT2D eigenvalue weighted by Gasteiger charge is 2.46. The first-order chi connectivity index (χ1) is 11.8. The van der Waals surface area contributed by atoms with E-state index in [4.69, 9.17) is 4.74 Å². The predicted octanol–water partition coefficient (Wildman–Crippen LogP) is 4.18. The molecule has 0 saturated heterocycles. The quantitative estimate of drug-likeness (QED) is 0.583. The van der Waals surface area contributed by atoms with Gasteiger partial charge in [-0.3, -0.25) is 4.79 Å². The minimum absolute atomic E-state index is 0.180. The summed E-state index contributed by atoms with van der Waals surface area (Å²) in [5.41, 5.74) is 7.01. The van der Waals surface area contributed by atoms with E-state index < -0.39 is 0 Å². The van der Waals surface area contributed by atoms with E-state index in [0.29, 0.717) is 11.8 Å². The summed E-state index contributed by atoms with van der Waals surface area (Å²) in [4.78, 5) is 12.0. The summed E-state index contributed by atoms with van der Waals surface area (Å²) in [5, 5.41) is 0. The topological polar surface area (TPSA) is 26.3 Å². The molecular formula is C22H18O2. The Kier molecular flexibility index (Phi) is 2.84. The molecule has 0 aromatic heterocycles. The van der Waals surface area contributed by atoms with Crippen molar-refractivity contribution < 1.29 is 9.53 Å². The van der Waals surface area contributed by atoms with Crippen molar-refractivity contribution in [2.24, 2.45) is 11.8 Å². The number of rotatable bonds is 1. The highest BCUT2D eigenvalue weighted by atomic mass is 16.5.